The van der Waals surface area contributed by atoms with Crippen LogP contribution in [0.2, 0.25) is 0 Å². The molecule has 0 aliphatic carbocycles. The van der Waals surface area contributed by atoms with Crippen molar-refractivity contribution in [2.24, 2.45) is 0 Å². The van der Waals surface area contributed by atoms with Gasteiger partial charge in [-0.25, -0.2) is 18.7 Å². The summed E-state index contributed by atoms with van der Waals surface area (Å²) in [7, 11) is 0. The quantitative estimate of drug-likeness (QED) is 0.571. The molecule has 5 rings (SSSR count). The van der Waals surface area contributed by atoms with Gasteiger partial charge in [0.2, 0.25) is 5.89 Å². The summed E-state index contributed by atoms with van der Waals surface area (Å²) in [6, 6.07) is 8.07. The van der Waals surface area contributed by atoms with E-state index in [1.54, 1.807) is 17.3 Å². The Hall–Kier alpha value is -3.56. The zero-order valence-electron chi connectivity index (χ0n) is 15.1. The Kier molecular flexibility index (Phi) is 4.11. The molecule has 1 N–H and O–H groups in total. The maximum absolute atomic E-state index is 13.3. The van der Waals surface area contributed by atoms with Gasteiger partial charge in [-0.15, -0.1) is 0 Å². The Balaban J connectivity index is 1.58. The number of para-hydroxylation sites is 2. The van der Waals surface area contributed by atoms with E-state index in [4.69, 9.17) is 4.42 Å². The number of nitrogens with zero attached hydrogens (tertiary/aromatic N) is 5. The molecule has 0 bridgehead atoms. The van der Waals surface area contributed by atoms with Gasteiger partial charge < -0.3 is 14.3 Å². The van der Waals surface area contributed by atoms with E-state index in [2.05, 4.69) is 20.1 Å². The molecule has 10 heteroatoms. The second kappa shape index (κ2) is 6.80. The van der Waals surface area contributed by atoms with Gasteiger partial charge in [-0.3, -0.25) is 9.48 Å². The number of aromatic nitrogens is 5. The van der Waals surface area contributed by atoms with Gasteiger partial charge >= 0.3 is 0 Å². The number of carbonyl (C=O) groups is 1. The van der Waals surface area contributed by atoms with Gasteiger partial charge in [0.1, 0.15) is 17.8 Å². The lowest BCUT2D eigenvalue weighted by molar-refractivity contribution is 0.0643. The molecule has 1 aliphatic heterocycles. The third kappa shape index (κ3) is 2.96. The van der Waals surface area contributed by atoms with Gasteiger partial charge in [0.05, 0.1) is 12.0 Å². The molecular weight excluding hydrogens is 382 g/mol. The van der Waals surface area contributed by atoms with E-state index >= 15 is 0 Å². The Bertz CT molecular complexity index is 1150. The topological polar surface area (TPSA) is 92.8 Å². The monoisotopic (exact) mass is 398 g/mol. The first-order chi connectivity index (χ1) is 14.1. The number of imidazole rings is 1. The first-order valence-corrected chi connectivity index (χ1v) is 9.10. The molecule has 8 nitrogen and oxygen atoms in total. The summed E-state index contributed by atoms with van der Waals surface area (Å²) >= 11 is 0. The Morgan fingerprint density at radius 2 is 2.17 bits per heavy atom. The lowest BCUT2D eigenvalue weighted by Crippen LogP contribution is -2.42. The third-order valence-electron chi connectivity index (χ3n) is 4.98. The van der Waals surface area contributed by atoms with Crippen molar-refractivity contribution < 1.29 is 18.0 Å². The number of aromatic amines is 1. The lowest BCUT2D eigenvalue weighted by Gasteiger charge is -2.33. The first-order valence-electron chi connectivity index (χ1n) is 9.10. The van der Waals surface area contributed by atoms with E-state index in [1.807, 2.05) is 18.2 Å². The molecule has 1 amide bonds. The normalized spacial score (nSPS) is 16.5. The summed E-state index contributed by atoms with van der Waals surface area (Å²) in [6.07, 6.45) is 0.845. The molecule has 0 saturated carbocycles. The SMILES string of the molecule is O=C(c1ccnn1CC(F)F)N1CCc2[nH]cnc2[C@H]1c1nc2ccccc2o1. The van der Waals surface area contributed by atoms with Crippen molar-refractivity contribution in [1.82, 2.24) is 29.6 Å². The van der Waals surface area contributed by atoms with Crippen molar-refractivity contribution in [3.8, 4) is 0 Å². The number of alkyl halides is 2. The van der Waals surface area contributed by atoms with Crippen molar-refractivity contribution in [3.63, 3.8) is 0 Å². The van der Waals surface area contributed by atoms with Crippen LogP contribution >= 0.6 is 0 Å². The fourth-order valence-corrected chi connectivity index (χ4v) is 3.69. The summed E-state index contributed by atoms with van der Waals surface area (Å²) in [5.41, 5.74) is 2.88. The van der Waals surface area contributed by atoms with Crippen LogP contribution in [0.4, 0.5) is 8.78 Å². The third-order valence-corrected chi connectivity index (χ3v) is 4.98. The average Bonchev–Trinajstić information content (AvgIpc) is 3.44. The minimum absolute atomic E-state index is 0.0883. The fourth-order valence-electron chi connectivity index (χ4n) is 3.69. The van der Waals surface area contributed by atoms with Gasteiger partial charge in [0, 0.05) is 24.9 Å². The molecule has 0 saturated heterocycles. The molecular formula is C19H16F2N6O2. The number of benzene rings is 1. The number of oxazole rings is 1. The minimum atomic E-state index is -2.62. The summed E-state index contributed by atoms with van der Waals surface area (Å²) in [4.78, 5) is 26.9. The molecule has 0 spiro atoms. The lowest BCUT2D eigenvalue weighted by atomic mass is 10.0. The minimum Gasteiger partial charge on any atom is -0.438 e. The highest BCUT2D eigenvalue weighted by Crippen LogP contribution is 2.35. The number of rotatable bonds is 4. The number of fused-ring (bicyclic) bond motifs is 2. The number of hydrogen-bond acceptors (Lipinski definition) is 5. The molecule has 0 fully saturated rings. The molecule has 4 heterocycles. The van der Waals surface area contributed by atoms with Crippen LogP contribution in [0.25, 0.3) is 11.1 Å². The maximum Gasteiger partial charge on any atom is 0.273 e. The van der Waals surface area contributed by atoms with E-state index in [0.29, 0.717) is 35.6 Å². The molecule has 29 heavy (non-hydrogen) atoms. The van der Waals surface area contributed by atoms with E-state index in [1.165, 1.54) is 12.3 Å². The smallest absolute Gasteiger partial charge is 0.273 e. The predicted molar refractivity (Wildman–Crippen MR) is 97.4 cm³/mol. The van der Waals surface area contributed by atoms with Crippen LogP contribution in [-0.4, -0.2) is 48.5 Å². The number of carbonyl (C=O) groups excluding carboxylic acids is 1. The zero-order valence-corrected chi connectivity index (χ0v) is 15.1. The van der Waals surface area contributed by atoms with E-state index in [9.17, 15) is 13.6 Å². The van der Waals surface area contributed by atoms with Crippen molar-refractivity contribution in [2.75, 3.05) is 6.54 Å². The summed E-state index contributed by atoms with van der Waals surface area (Å²) in [5.74, 6) is -0.100. The fraction of sp³-hybridized carbons (Fsp3) is 0.263. The van der Waals surface area contributed by atoms with E-state index in [0.717, 1.165) is 10.4 Å². The number of H-pyrrole nitrogens is 1. The number of nitrogens with one attached hydrogen (secondary N) is 1. The summed E-state index contributed by atoms with van der Waals surface area (Å²) < 4.78 is 32.7. The molecule has 0 unspecified atom stereocenters. The van der Waals surface area contributed by atoms with Crippen LogP contribution in [-0.2, 0) is 13.0 Å². The van der Waals surface area contributed by atoms with Crippen LogP contribution in [0.5, 0.6) is 0 Å². The largest absolute Gasteiger partial charge is 0.438 e. The molecule has 1 atom stereocenters. The highest BCUT2D eigenvalue weighted by Gasteiger charge is 2.38. The van der Waals surface area contributed by atoms with Crippen LogP contribution < -0.4 is 0 Å². The van der Waals surface area contributed by atoms with E-state index in [-0.39, 0.29) is 5.69 Å². The first kappa shape index (κ1) is 17.5. The highest BCUT2D eigenvalue weighted by molar-refractivity contribution is 5.93. The van der Waals surface area contributed by atoms with Crippen molar-refractivity contribution >= 4 is 17.0 Å². The molecule has 3 aromatic heterocycles. The second-order valence-electron chi connectivity index (χ2n) is 6.73. The zero-order chi connectivity index (χ0) is 20.0. The summed E-state index contributed by atoms with van der Waals surface area (Å²) in [6.45, 7) is -0.291. The predicted octanol–water partition coefficient (Wildman–Crippen LogP) is 2.80. The number of amides is 1. The average molecular weight is 398 g/mol. The summed E-state index contributed by atoms with van der Waals surface area (Å²) in [5, 5.41) is 3.87. The van der Waals surface area contributed by atoms with Crippen molar-refractivity contribution in [1.29, 1.82) is 0 Å². The van der Waals surface area contributed by atoms with E-state index < -0.39 is 24.9 Å². The Morgan fingerprint density at radius 3 is 3.00 bits per heavy atom. The molecule has 0 radical (unpaired) electrons. The number of halogens is 2. The van der Waals surface area contributed by atoms with Crippen LogP contribution in [0, 0.1) is 0 Å². The van der Waals surface area contributed by atoms with Gasteiger partial charge in [0.25, 0.3) is 12.3 Å². The standard InChI is InChI=1S/C19H16F2N6O2/c20-15(21)9-27-13(5-7-24-27)19(28)26-8-6-12-16(23-10-22-12)17(26)18-25-11-3-1-2-4-14(11)29-18/h1-5,7,10,15,17H,6,8-9H2,(H,22,23)/t17-/m0/s1. The van der Waals surface area contributed by atoms with Crippen LogP contribution in [0.15, 0.2) is 47.3 Å². The molecule has 148 valence electrons. The van der Waals surface area contributed by atoms with Crippen LogP contribution in [0.3, 0.4) is 0 Å². The second-order valence-corrected chi connectivity index (χ2v) is 6.73. The Labute approximate surface area is 163 Å². The van der Waals surface area contributed by atoms with Gasteiger partial charge in [-0.05, 0) is 18.2 Å². The maximum atomic E-state index is 13.3. The van der Waals surface area contributed by atoms with Gasteiger partial charge in [-0.1, -0.05) is 12.1 Å². The van der Waals surface area contributed by atoms with Crippen LogP contribution in [0.1, 0.15) is 33.8 Å². The Morgan fingerprint density at radius 1 is 1.31 bits per heavy atom. The van der Waals surface area contributed by atoms with Gasteiger partial charge in [-0.2, -0.15) is 5.10 Å². The van der Waals surface area contributed by atoms with Gasteiger partial charge in [0.15, 0.2) is 11.6 Å². The molecule has 1 aliphatic rings. The van der Waals surface area contributed by atoms with Crippen molar-refractivity contribution in [3.05, 3.63) is 65.8 Å². The number of hydrogen-bond donors (Lipinski definition) is 1. The molecule has 1 aromatic carbocycles. The molecule has 4 aromatic rings. The highest BCUT2D eigenvalue weighted by atomic mass is 19.3. The van der Waals surface area contributed by atoms with Crippen molar-refractivity contribution in [2.45, 2.75) is 25.4 Å².